The molecule has 218 valence electrons. The highest BCUT2D eigenvalue weighted by Gasteiger charge is 2.57. The van der Waals surface area contributed by atoms with E-state index in [2.05, 4.69) is 40.4 Å². The van der Waals surface area contributed by atoms with E-state index in [1.54, 1.807) is 18.2 Å². The number of aromatic nitrogens is 2. The minimum atomic E-state index is -4.01. The van der Waals surface area contributed by atoms with Gasteiger partial charge in [-0.15, -0.1) is 0 Å². The highest BCUT2D eigenvalue weighted by molar-refractivity contribution is 7.92. The first-order valence-corrected chi connectivity index (χ1v) is 15.5. The monoisotopic (exact) mass is 577 g/mol. The molecule has 3 N–H and O–H groups in total. The minimum absolute atomic E-state index is 0.0111. The molecular weight excluding hydrogens is 538 g/mol. The smallest absolute Gasteiger partial charge is 0.264 e. The van der Waals surface area contributed by atoms with Crippen LogP contribution in [0.5, 0.6) is 5.88 Å². The Morgan fingerprint density at radius 1 is 1.10 bits per heavy atom. The SMILES string of the molecule is Cc1cccc(C)c1-c1cc(O[C@@H]2CN(CCC(C)(C)C)C[C@]3(CC3=O)C2)nc(NS(=O)(=O)c2cccc(N)c2)n1. The van der Waals surface area contributed by atoms with E-state index in [0.29, 0.717) is 30.8 Å². The summed E-state index contributed by atoms with van der Waals surface area (Å²) in [5.41, 5.74) is 9.40. The second-order valence-corrected chi connectivity index (χ2v) is 14.4. The Morgan fingerprint density at radius 2 is 1.78 bits per heavy atom. The number of piperidine rings is 1. The lowest BCUT2D eigenvalue weighted by Gasteiger charge is -2.38. The summed E-state index contributed by atoms with van der Waals surface area (Å²) in [6.07, 6.45) is 1.92. The van der Waals surface area contributed by atoms with E-state index in [0.717, 1.165) is 36.2 Å². The number of nitrogens with one attached hydrogen (secondary N) is 1. The average Bonchev–Trinajstić information content (AvgIpc) is 3.47. The van der Waals surface area contributed by atoms with Gasteiger partial charge >= 0.3 is 0 Å². The van der Waals surface area contributed by atoms with Gasteiger partial charge in [0.15, 0.2) is 0 Å². The molecule has 0 amide bonds. The van der Waals surface area contributed by atoms with Gasteiger partial charge < -0.3 is 10.5 Å². The van der Waals surface area contributed by atoms with Crippen molar-refractivity contribution in [3.05, 3.63) is 59.7 Å². The van der Waals surface area contributed by atoms with Crippen molar-refractivity contribution in [3.63, 3.8) is 0 Å². The zero-order valence-electron chi connectivity index (χ0n) is 24.4. The van der Waals surface area contributed by atoms with Gasteiger partial charge in [0, 0.05) is 36.8 Å². The highest BCUT2D eigenvalue weighted by atomic mass is 32.2. The van der Waals surface area contributed by atoms with Gasteiger partial charge in [-0.2, -0.15) is 4.98 Å². The van der Waals surface area contributed by atoms with Gasteiger partial charge in [-0.05, 0) is 68.0 Å². The van der Waals surface area contributed by atoms with Crippen LogP contribution in [0.1, 0.15) is 51.2 Å². The quantitative estimate of drug-likeness (QED) is 0.359. The summed E-state index contributed by atoms with van der Waals surface area (Å²) >= 11 is 0. The van der Waals surface area contributed by atoms with E-state index in [-0.39, 0.29) is 39.4 Å². The number of nitrogens with zero attached hydrogens (tertiary/aromatic N) is 3. The second-order valence-electron chi connectivity index (χ2n) is 12.7. The van der Waals surface area contributed by atoms with Gasteiger partial charge in [-0.1, -0.05) is 45.0 Å². The summed E-state index contributed by atoms with van der Waals surface area (Å²) in [7, 11) is -4.01. The lowest BCUT2D eigenvalue weighted by molar-refractivity contribution is -0.115. The molecular formula is C31H39N5O4S. The van der Waals surface area contributed by atoms with E-state index in [1.165, 1.54) is 12.1 Å². The molecule has 1 aliphatic carbocycles. The predicted molar refractivity (Wildman–Crippen MR) is 160 cm³/mol. The maximum atomic E-state index is 13.2. The molecule has 3 aromatic rings. The topological polar surface area (TPSA) is 128 Å². The van der Waals surface area contributed by atoms with Crippen molar-refractivity contribution in [3.8, 4) is 17.1 Å². The molecule has 1 saturated heterocycles. The molecule has 5 rings (SSSR count). The molecule has 2 aromatic carbocycles. The summed E-state index contributed by atoms with van der Waals surface area (Å²) in [6.45, 7) is 12.9. The molecule has 9 nitrogen and oxygen atoms in total. The Labute approximate surface area is 242 Å². The van der Waals surface area contributed by atoms with Crippen LogP contribution < -0.4 is 15.2 Å². The van der Waals surface area contributed by atoms with Crippen molar-refractivity contribution in [2.24, 2.45) is 10.8 Å². The van der Waals surface area contributed by atoms with Crippen LogP contribution in [0.15, 0.2) is 53.4 Å². The first-order valence-electron chi connectivity index (χ1n) is 14.0. The number of aryl methyl sites for hydroxylation is 2. The van der Waals surface area contributed by atoms with Crippen LogP contribution in [-0.4, -0.2) is 54.8 Å². The second kappa shape index (κ2) is 10.7. The summed E-state index contributed by atoms with van der Waals surface area (Å²) < 4.78 is 35.4. The molecule has 1 aliphatic heterocycles. The fraction of sp³-hybridized carbons (Fsp3) is 0.452. The van der Waals surface area contributed by atoms with Crippen LogP contribution in [-0.2, 0) is 14.8 Å². The number of rotatable bonds is 8. The lowest BCUT2D eigenvalue weighted by atomic mass is 9.89. The van der Waals surface area contributed by atoms with Crippen molar-refractivity contribution in [1.29, 1.82) is 0 Å². The molecule has 0 unspecified atom stereocenters. The fourth-order valence-electron chi connectivity index (χ4n) is 5.59. The third-order valence-corrected chi connectivity index (χ3v) is 9.20. The van der Waals surface area contributed by atoms with Gasteiger partial charge in [0.25, 0.3) is 10.0 Å². The zero-order chi connectivity index (χ0) is 29.6. The Balaban J connectivity index is 1.48. The molecule has 1 saturated carbocycles. The Bertz CT molecular complexity index is 1560. The molecule has 2 heterocycles. The number of likely N-dealkylation sites (tertiary alicyclic amines) is 1. The average molecular weight is 578 g/mol. The molecule has 10 heteroatoms. The third kappa shape index (κ3) is 6.70. The van der Waals surface area contributed by atoms with Crippen molar-refractivity contribution >= 4 is 27.4 Å². The third-order valence-electron chi connectivity index (χ3n) is 7.87. The Hall–Kier alpha value is -3.50. The summed E-state index contributed by atoms with van der Waals surface area (Å²) in [6, 6.07) is 13.7. The molecule has 1 aromatic heterocycles. The largest absolute Gasteiger partial charge is 0.473 e. The molecule has 2 atom stereocenters. The number of hydrogen-bond acceptors (Lipinski definition) is 8. The maximum absolute atomic E-state index is 13.2. The van der Waals surface area contributed by atoms with E-state index in [1.807, 2.05) is 32.0 Å². The normalized spacial score (nSPS) is 21.2. The van der Waals surface area contributed by atoms with Gasteiger partial charge in [0.1, 0.15) is 11.9 Å². The molecule has 1 spiro atoms. The number of ether oxygens (including phenoxy) is 1. The number of nitrogen functional groups attached to an aromatic ring is 1. The summed E-state index contributed by atoms with van der Waals surface area (Å²) in [4.78, 5) is 23.9. The van der Waals surface area contributed by atoms with Gasteiger partial charge in [0.05, 0.1) is 16.0 Å². The number of benzene rings is 2. The van der Waals surface area contributed by atoms with E-state index in [4.69, 9.17) is 10.5 Å². The number of ketones is 1. The van der Waals surface area contributed by atoms with E-state index in [9.17, 15) is 13.2 Å². The lowest BCUT2D eigenvalue weighted by Crippen LogP contribution is -2.48. The molecule has 41 heavy (non-hydrogen) atoms. The van der Waals surface area contributed by atoms with Crippen LogP contribution in [0.4, 0.5) is 11.6 Å². The first kappa shape index (κ1) is 29.0. The van der Waals surface area contributed by atoms with Crippen molar-refractivity contribution in [1.82, 2.24) is 14.9 Å². The Morgan fingerprint density at radius 3 is 2.41 bits per heavy atom. The van der Waals surface area contributed by atoms with Crippen molar-refractivity contribution in [2.45, 2.75) is 64.9 Å². The van der Waals surface area contributed by atoms with E-state index < -0.39 is 10.0 Å². The number of sulfonamides is 1. The molecule has 0 radical (unpaired) electrons. The van der Waals surface area contributed by atoms with Gasteiger partial charge in [-0.3, -0.25) is 9.69 Å². The standard InChI is InChI=1S/C31H39N5O4S/c1-20-8-6-9-21(2)28(20)25-15-27(34-29(33-25)35-41(38,39)24-11-7-10-22(32)14-24)40-23-16-31(17-26(31)37)19-36(18-23)13-12-30(3,4)5/h6-11,14-15,23H,12-13,16-19,32H2,1-5H3,(H,33,34,35)/t23-,31+/m0/s1. The van der Waals surface area contributed by atoms with Gasteiger partial charge in [0.2, 0.25) is 11.8 Å². The van der Waals surface area contributed by atoms with Gasteiger partial charge in [-0.25, -0.2) is 18.1 Å². The number of carbonyl (C=O) groups excluding carboxylic acids is 1. The number of anilines is 2. The molecule has 2 fully saturated rings. The number of hydrogen-bond donors (Lipinski definition) is 2. The van der Waals surface area contributed by atoms with Crippen molar-refractivity contribution < 1.29 is 17.9 Å². The number of Topliss-reactive ketones (excluding diaryl/α,β-unsaturated/α-hetero) is 1. The van der Waals surface area contributed by atoms with Crippen LogP contribution in [0.2, 0.25) is 0 Å². The van der Waals surface area contributed by atoms with Crippen LogP contribution >= 0.6 is 0 Å². The Kier molecular flexibility index (Phi) is 7.59. The van der Waals surface area contributed by atoms with Crippen LogP contribution in [0.25, 0.3) is 11.3 Å². The first-order chi connectivity index (χ1) is 19.2. The van der Waals surface area contributed by atoms with Crippen LogP contribution in [0.3, 0.4) is 0 Å². The zero-order valence-corrected chi connectivity index (χ0v) is 25.2. The van der Waals surface area contributed by atoms with Crippen molar-refractivity contribution in [2.75, 3.05) is 30.1 Å². The fourth-order valence-corrected chi connectivity index (χ4v) is 6.59. The predicted octanol–water partition coefficient (Wildman–Crippen LogP) is 4.99. The van der Waals surface area contributed by atoms with Crippen LogP contribution in [0, 0.1) is 24.7 Å². The molecule has 0 bridgehead atoms. The maximum Gasteiger partial charge on any atom is 0.264 e. The van der Waals surface area contributed by atoms with E-state index >= 15 is 0 Å². The summed E-state index contributed by atoms with van der Waals surface area (Å²) in [5, 5.41) is 0. The number of carbonyl (C=O) groups is 1. The highest BCUT2D eigenvalue weighted by Crippen LogP contribution is 2.49. The molecule has 2 aliphatic rings. The summed E-state index contributed by atoms with van der Waals surface area (Å²) in [5.74, 6) is 0.440. The minimum Gasteiger partial charge on any atom is -0.473 e. The number of nitrogens with two attached hydrogens (primary N) is 1.